The molecule has 2 atom stereocenters. The Bertz CT molecular complexity index is 1550. The number of halogens is 2. The van der Waals surface area contributed by atoms with Crippen molar-refractivity contribution in [3.05, 3.63) is 52.8 Å². The molecule has 0 radical (unpaired) electrons. The lowest BCUT2D eigenvalue weighted by Gasteiger charge is -2.26. The van der Waals surface area contributed by atoms with Crippen LogP contribution in [-0.4, -0.2) is 79.0 Å². The lowest BCUT2D eigenvalue weighted by atomic mass is 10.1. The van der Waals surface area contributed by atoms with Gasteiger partial charge in [-0.05, 0) is 41.5 Å². The fraction of sp³-hybridized carbons (Fsp3) is 0.409. The molecule has 37 heavy (non-hydrogen) atoms. The standard InChI is InChI=1S/C22H25ClFN7O4S2/c1-36(32,33)30-7-6-17(12-30)31-27-22(26-28-31)18-8-20-21(9-19(18)24)37(34,35)13-16(25)11-29(20)10-14-2-4-15(23)5-3-14/h2-5,8-9,16-17H,6-7,10-13,25H2,1H3/t16-,17?/m1/s1. The minimum atomic E-state index is -3.86. The number of tetrazole rings is 1. The van der Waals surface area contributed by atoms with Gasteiger partial charge in [-0.3, -0.25) is 0 Å². The first-order valence-corrected chi connectivity index (χ1v) is 15.3. The molecule has 3 aromatic rings. The number of sulfone groups is 1. The van der Waals surface area contributed by atoms with E-state index in [1.165, 1.54) is 15.2 Å². The van der Waals surface area contributed by atoms with Gasteiger partial charge in [-0.15, -0.1) is 10.2 Å². The van der Waals surface area contributed by atoms with Gasteiger partial charge < -0.3 is 10.6 Å². The molecule has 2 aliphatic rings. The van der Waals surface area contributed by atoms with Gasteiger partial charge in [0.05, 0.1) is 34.2 Å². The predicted octanol–water partition coefficient (Wildman–Crippen LogP) is 1.46. The second-order valence-corrected chi connectivity index (χ2v) is 13.8. The molecule has 15 heteroatoms. The molecule has 1 fully saturated rings. The summed E-state index contributed by atoms with van der Waals surface area (Å²) >= 11 is 6.00. The van der Waals surface area contributed by atoms with Gasteiger partial charge in [0.25, 0.3) is 0 Å². The number of hydrogen-bond acceptors (Lipinski definition) is 9. The summed E-state index contributed by atoms with van der Waals surface area (Å²) in [5.41, 5.74) is 7.28. The average Bonchev–Trinajstić information content (AvgIpc) is 3.48. The molecule has 2 N–H and O–H groups in total. The first-order valence-electron chi connectivity index (χ1n) is 11.5. The number of benzene rings is 2. The fourth-order valence-electron chi connectivity index (χ4n) is 4.66. The van der Waals surface area contributed by atoms with Crippen molar-refractivity contribution < 1.29 is 21.2 Å². The second-order valence-electron chi connectivity index (χ2n) is 9.35. The third kappa shape index (κ3) is 5.34. The smallest absolute Gasteiger partial charge is 0.211 e. The first kappa shape index (κ1) is 26.0. The number of aromatic nitrogens is 4. The Morgan fingerprint density at radius 2 is 1.92 bits per heavy atom. The molecule has 0 amide bonds. The Morgan fingerprint density at radius 3 is 2.59 bits per heavy atom. The maximum atomic E-state index is 15.3. The van der Waals surface area contributed by atoms with E-state index < -0.39 is 31.7 Å². The van der Waals surface area contributed by atoms with E-state index >= 15 is 4.39 Å². The monoisotopic (exact) mass is 569 g/mol. The van der Waals surface area contributed by atoms with E-state index in [9.17, 15) is 16.8 Å². The Kier molecular flexibility index (Phi) is 6.73. The van der Waals surface area contributed by atoms with E-state index in [1.807, 2.05) is 12.1 Å². The van der Waals surface area contributed by atoms with E-state index in [0.29, 0.717) is 30.2 Å². The molecule has 0 saturated carbocycles. The van der Waals surface area contributed by atoms with Gasteiger partial charge in [0, 0.05) is 37.2 Å². The summed E-state index contributed by atoms with van der Waals surface area (Å²) < 4.78 is 66.4. The van der Waals surface area contributed by atoms with Gasteiger partial charge in [0.2, 0.25) is 15.8 Å². The van der Waals surface area contributed by atoms with Crippen LogP contribution in [0.15, 0.2) is 41.3 Å². The number of sulfonamides is 1. The van der Waals surface area contributed by atoms with Crippen molar-refractivity contribution in [2.75, 3.05) is 36.5 Å². The van der Waals surface area contributed by atoms with Gasteiger partial charge in [-0.25, -0.2) is 21.2 Å². The van der Waals surface area contributed by atoms with Crippen molar-refractivity contribution in [1.29, 1.82) is 0 Å². The molecule has 0 aliphatic carbocycles. The third-order valence-corrected chi connectivity index (χ3v) is 9.88. The number of fused-ring (bicyclic) bond motifs is 1. The number of nitrogens with zero attached hydrogens (tertiary/aromatic N) is 6. The van der Waals surface area contributed by atoms with Crippen LogP contribution in [0.2, 0.25) is 5.02 Å². The van der Waals surface area contributed by atoms with Crippen LogP contribution in [0, 0.1) is 5.82 Å². The molecule has 1 unspecified atom stereocenters. The summed E-state index contributed by atoms with van der Waals surface area (Å²) in [4.78, 5) is 2.92. The summed E-state index contributed by atoms with van der Waals surface area (Å²) in [6, 6.07) is 8.48. The van der Waals surface area contributed by atoms with Gasteiger partial charge in [0.15, 0.2) is 9.84 Å². The van der Waals surface area contributed by atoms with Crippen LogP contribution in [0.5, 0.6) is 0 Å². The molecule has 0 spiro atoms. The largest absolute Gasteiger partial charge is 0.365 e. The summed E-state index contributed by atoms with van der Waals surface area (Å²) in [5.74, 6) is -1.16. The minimum Gasteiger partial charge on any atom is -0.365 e. The van der Waals surface area contributed by atoms with E-state index in [1.54, 1.807) is 17.0 Å². The molecule has 2 aromatic carbocycles. The second kappa shape index (κ2) is 9.58. The zero-order valence-electron chi connectivity index (χ0n) is 19.8. The number of hydrogen-bond donors (Lipinski definition) is 1. The Balaban J connectivity index is 1.52. The molecule has 2 aliphatic heterocycles. The molecular weight excluding hydrogens is 545 g/mol. The van der Waals surface area contributed by atoms with Crippen LogP contribution in [0.4, 0.5) is 10.1 Å². The number of rotatable bonds is 5. The fourth-order valence-corrected chi connectivity index (χ4v) is 7.31. The normalized spacial score (nSPS) is 22.1. The maximum Gasteiger partial charge on any atom is 0.211 e. The van der Waals surface area contributed by atoms with Crippen LogP contribution in [-0.2, 0) is 26.4 Å². The zero-order valence-corrected chi connectivity index (χ0v) is 22.2. The highest BCUT2D eigenvalue weighted by molar-refractivity contribution is 7.91. The SMILES string of the molecule is CS(=O)(=O)N1CCC(n2nnc(-c3cc4c(cc3F)S(=O)(=O)C[C@H](N)CN4Cc3ccc(Cl)cc3)n2)C1. The Morgan fingerprint density at radius 1 is 1.19 bits per heavy atom. The molecule has 198 valence electrons. The highest BCUT2D eigenvalue weighted by Gasteiger charge is 2.34. The van der Waals surface area contributed by atoms with Crippen molar-refractivity contribution in [2.45, 2.75) is 29.9 Å². The first-order chi connectivity index (χ1) is 17.4. The molecule has 11 nitrogen and oxygen atoms in total. The van der Waals surface area contributed by atoms with Crippen LogP contribution >= 0.6 is 11.6 Å². The van der Waals surface area contributed by atoms with Crippen molar-refractivity contribution in [2.24, 2.45) is 5.73 Å². The van der Waals surface area contributed by atoms with E-state index in [2.05, 4.69) is 15.4 Å². The van der Waals surface area contributed by atoms with Crippen LogP contribution in [0.1, 0.15) is 18.0 Å². The molecule has 5 rings (SSSR count). The van der Waals surface area contributed by atoms with Gasteiger partial charge >= 0.3 is 0 Å². The highest BCUT2D eigenvalue weighted by Crippen LogP contribution is 2.36. The lowest BCUT2D eigenvalue weighted by molar-refractivity contribution is 0.397. The van der Waals surface area contributed by atoms with Crippen molar-refractivity contribution in [1.82, 2.24) is 24.5 Å². The predicted molar refractivity (Wildman–Crippen MR) is 136 cm³/mol. The molecule has 1 saturated heterocycles. The number of nitrogens with two attached hydrogens (primary N) is 1. The zero-order chi connectivity index (χ0) is 26.5. The van der Waals surface area contributed by atoms with Gasteiger partial charge in [-0.2, -0.15) is 9.10 Å². The molecule has 3 heterocycles. The minimum absolute atomic E-state index is 0.0188. The van der Waals surface area contributed by atoms with Crippen molar-refractivity contribution in [3.8, 4) is 11.4 Å². The Labute approximate surface area is 219 Å². The van der Waals surface area contributed by atoms with Crippen LogP contribution < -0.4 is 10.6 Å². The molecule has 0 bridgehead atoms. The maximum absolute atomic E-state index is 15.3. The topological polar surface area (TPSA) is 144 Å². The van der Waals surface area contributed by atoms with Crippen LogP contribution in [0.3, 0.4) is 0 Å². The molecular formula is C22H25ClFN7O4S2. The number of anilines is 1. The summed E-state index contributed by atoms with van der Waals surface area (Å²) in [6.07, 6.45) is 1.62. The summed E-state index contributed by atoms with van der Waals surface area (Å²) in [7, 11) is -7.22. The summed E-state index contributed by atoms with van der Waals surface area (Å²) in [6.45, 7) is 1.06. The van der Waals surface area contributed by atoms with Crippen molar-refractivity contribution in [3.63, 3.8) is 0 Å². The van der Waals surface area contributed by atoms with Gasteiger partial charge in [0.1, 0.15) is 5.82 Å². The highest BCUT2D eigenvalue weighted by atomic mass is 35.5. The van der Waals surface area contributed by atoms with Crippen LogP contribution in [0.25, 0.3) is 11.4 Å². The van der Waals surface area contributed by atoms with E-state index in [-0.39, 0.29) is 41.2 Å². The van der Waals surface area contributed by atoms with E-state index in [0.717, 1.165) is 17.9 Å². The third-order valence-electron chi connectivity index (χ3n) is 6.49. The molecule has 1 aromatic heterocycles. The summed E-state index contributed by atoms with van der Waals surface area (Å²) in [5, 5.41) is 12.9. The lowest BCUT2D eigenvalue weighted by Crippen LogP contribution is -2.39. The quantitative estimate of drug-likeness (QED) is 0.482. The van der Waals surface area contributed by atoms with Gasteiger partial charge in [-0.1, -0.05) is 23.7 Å². The average molecular weight is 570 g/mol. The van der Waals surface area contributed by atoms with Crippen molar-refractivity contribution >= 4 is 37.1 Å². The van der Waals surface area contributed by atoms with E-state index in [4.69, 9.17) is 17.3 Å². The Hall–Kier alpha value is -2.65.